The summed E-state index contributed by atoms with van der Waals surface area (Å²) in [7, 11) is 0. The van der Waals surface area contributed by atoms with E-state index < -0.39 is 0 Å². The minimum Gasteiger partial charge on any atom is -0.379 e. The molecular formula is C18H23N3O2. The highest BCUT2D eigenvalue weighted by atomic mass is 16.5. The summed E-state index contributed by atoms with van der Waals surface area (Å²) in [6.45, 7) is 5.43. The number of carbonyl (C=O) groups excluding carboxylic acids is 1. The van der Waals surface area contributed by atoms with E-state index in [1.54, 1.807) is 18.2 Å². The Hall–Kier alpha value is -2.16. The van der Waals surface area contributed by atoms with Gasteiger partial charge in [-0.15, -0.1) is 0 Å². The maximum Gasteiger partial charge on any atom is 0.243 e. The fraction of sp³-hybridized carbons (Fsp3) is 0.444. The number of nitrogens with one attached hydrogen (secondary N) is 1. The summed E-state index contributed by atoms with van der Waals surface area (Å²) in [5.41, 5.74) is 1.45. The average Bonchev–Trinajstić information content (AvgIpc) is 2.61. The SMILES string of the molecule is N#Cc1cccc(/C=C\C(=O)NCCCCN2CCOCC2)c1. The molecule has 0 bridgehead atoms. The van der Waals surface area contributed by atoms with Crippen LogP contribution in [0.5, 0.6) is 0 Å². The van der Waals surface area contributed by atoms with Gasteiger partial charge in [0.15, 0.2) is 0 Å². The van der Waals surface area contributed by atoms with E-state index in [1.807, 2.05) is 12.1 Å². The van der Waals surface area contributed by atoms with Gasteiger partial charge in [0, 0.05) is 25.7 Å². The maximum atomic E-state index is 11.7. The number of amides is 1. The molecule has 1 aliphatic rings. The van der Waals surface area contributed by atoms with Crippen LogP contribution in [0.25, 0.3) is 6.08 Å². The number of carbonyl (C=O) groups is 1. The van der Waals surface area contributed by atoms with Gasteiger partial charge in [0.2, 0.25) is 5.91 Å². The van der Waals surface area contributed by atoms with Crippen molar-refractivity contribution in [3.63, 3.8) is 0 Å². The van der Waals surface area contributed by atoms with Gasteiger partial charge in [-0.25, -0.2) is 0 Å². The number of rotatable bonds is 7. The zero-order valence-electron chi connectivity index (χ0n) is 13.3. The van der Waals surface area contributed by atoms with Crippen LogP contribution < -0.4 is 5.32 Å². The first-order chi connectivity index (χ1) is 11.3. The first kappa shape index (κ1) is 17.2. The van der Waals surface area contributed by atoms with Gasteiger partial charge in [-0.1, -0.05) is 12.1 Å². The van der Waals surface area contributed by atoms with Crippen molar-refractivity contribution < 1.29 is 9.53 Å². The molecule has 23 heavy (non-hydrogen) atoms. The lowest BCUT2D eigenvalue weighted by molar-refractivity contribution is -0.116. The average molecular weight is 313 g/mol. The lowest BCUT2D eigenvalue weighted by Crippen LogP contribution is -2.37. The van der Waals surface area contributed by atoms with Gasteiger partial charge in [0.25, 0.3) is 0 Å². The Bertz CT molecular complexity index is 572. The molecular weight excluding hydrogens is 290 g/mol. The Morgan fingerprint density at radius 2 is 2.17 bits per heavy atom. The molecule has 1 N–H and O–H groups in total. The molecule has 0 atom stereocenters. The highest BCUT2D eigenvalue weighted by Crippen LogP contribution is 2.05. The summed E-state index contributed by atoms with van der Waals surface area (Å²) in [5.74, 6) is -0.0984. The Labute approximate surface area is 137 Å². The van der Waals surface area contributed by atoms with Crippen LogP contribution in [0.4, 0.5) is 0 Å². The van der Waals surface area contributed by atoms with Crippen LogP contribution in [0.3, 0.4) is 0 Å². The van der Waals surface area contributed by atoms with Crippen molar-refractivity contribution in [3.05, 3.63) is 41.5 Å². The monoisotopic (exact) mass is 313 g/mol. The molecule has 0 radical (unpaired) electrons. The van der Waals surface area contributed by atoms with Crippen molar-refractivity contribution in [1.29, 1.82) is 5.26 Å². The van der Waals surface area contributed by atoms with Crippen molar-refractivity contribution in [2.24, 2.45) is 0 Å². The summed E-state index contributed by atoms with van der Waals surface area (Å²) >= 11 is 0. The smallest absolute Gasteiger partial charge is 0.243 e. The molecule has 0 aliphatic carbocycles. The zero-order chi connectivity index (χ0) is 16.3. The molecule has 1 heterocycles. The Kier molecular flexibility index (Phi) is 7.31. The molecule has 5 heteroatoms. The van der Waals surface area contributed by atoms with E-state index in [9.17, 15) is 4.79 Å². The lowest BCUT2D eigenvalue weighted by atomic mass is 10.1. The van der Waals surface area contributed by atoms with Gasteiger partial charge in [-0.2, -0.15) is 5.26 Å². The number of hydrogen-bond donors (Lipinski definition) is 1. The van der Waals surface area contributed by atoms with Gasteiger partial charge in [0.05, 0.1) is 24.8 Å². The number of morpholine rings is 1. The second-order valence-electron chi connectivity index (χ2n) is 5.52. The van der Waals surface area contributed by atoms with Gasteiger partial charge < -0.3 is 10.1 Å². The fourth-order valence-corrected chi connectivity index (χ4v) is 2.44. The fourth-order valence-electron chi connectivity index (χ4n) is 2.44. The minimum absolute atomic E-state index is 0.0984. The first-order valence-corrected chi connectivity index (χ1v) is 8.04. The van der Waals surface area contributed by atoms with Crippen molar-refractivity contribution in [3.8, 4) is 6.07 Å². The summed E-state index contributed by atoms with van der Waals surface area (Å²) in [6.07, 6.45) is 5.29. The standard InChI is InChI=1S/C18H23N3O2/c19-15-17-5-3-4-16(14-17)6-7-18(22)20-8-1-2-9-21-10-12-23-13-11-21/h3-7,14H,1-2,8-13H2,(H,20,22)/b7-6-. The van der Waals surface area contributed by atoms with Crippen LogP contribution in [0.15, 0.2) is 30.3 Å². The van der Waals surface area contributed by atoms with Crippen LogP contribution in [-0.2, 0) is 9.53 Å². The number of ether oxygens (including phenoxy) is 1. The molecule has 1 aromatic carbocycles. The third kappa shape index (κ3) is 6.64. The molecule has 0 unspecified atom stereocenters. The lowest BCUT2D eigenvalue weighted by Gasteiger charge is -2.26. The predicted octanol–water partition coefficient (Wildman–Crippen LogP) is 1.80. The van der Waals surface area contributed by atoms with E-state index in [4.69, 9.17) is 10.00 Å². The van der Waals surface area contributed by atoms with Crippen molar-refractivity contribution in [2.45, 2.75) is 12.8 Å². The summed E-state index contributed by atoms with van der Waals surface area (Å²) < 4.78 is 5.31. The summed E-state index contributed by atoms with van der Waals surface area (Å²) in [5, 5.41) is 11.7. The Balaban J connectivity index is 1.61. The van der Waals surface area contributed by atoms with Gasteiger partial charge >= 0.3 is 0 Å². The number of benzene rings is 1. The molecule has 1 amide bonds. The van der Waals surface area contributed by atoms with Gasteiger partial charge in [0.1, 0.15) is 0 Å². The topological polar surface area (TPSA) is 65.4 Å². The number of nitriles is 1. The van der Waals surface area contributed by atoms with Gasteiger partial charge in [-0.3, -0.25) is 9.69 Å². The molecule has 0 saturated carbocycles. The van der Waals surface area contributed by atoms with Crippen LogP contribution in [0.1, 0.15) is 24.0 Å². The molecule has 1 aromatic rings. The van der Waals surface area contributed by atoms with Gasteiger partial charge in [-0.05, 0) is 43.2 Å². The predicted molar refractivity (Wildman–Crippen MR) is 89.7 cm³/mol. The summed E-state index contributed by atoms with van der Waals surface area (Å²) in [4.78, 5) is 14.1. The van der Waals surface area contributed by atoms with Crippen molar-refractivity contribution in [1.82, 2.24) is 10.2 Å². The number of nitrogens with zero attached hydrogens (tertiary/aromatic N) is 2. The Morgan fingerprint density at radius 1 is 1.35 bits per heavy atom. The molecule has 1 aliphatic heterocycles. The van der Waals surface area contributed by atoms with E-state index in [2.05, 4.69) is 16.3 Å². The second kappa shape index (κ2) is 9.78. The molecule has 5 nitrogen and oxygen atoms in total. The summed E-state index contributed by atoms with van der Waals surface area (Å²) in [6, 6.07) is 9.26. The maximum absolute atomic E-state index is 11.7. The van der Waals surface area contributed by atoms with Crippen LogP contribution in [0.2, 0.25) is 0 Å². The van der Waals surface area contributed by atoms with Crippen LogP contribution in [-0.4, -0.2) is 50.2 Å². The first-order valence-electron chi connectivity index (χ1n) is 8.04. The number of unbranched alkanes of at least 4 members (excludes halogenated alkanes) is 1. The van der Waals surface area contributed by atoms with Crippen molar-refractivity contribution in [2.75, 3.05) is 39.4 Å². The van der Waals surface area contributed by atoms with E-state index in [-0.39, 0.29) is 5.91 Å². The second-order valence-corrected chi connectivity index (χ2v) is 5.52. The molecule has 0 aromatic heterocycles. The molecule has 1 fully saturated rings. The van der Waals surface area contributed by atoms with E-state index >= 15 is 0 Å². The highest BCUT2D eigenvalue weighted by Gasteiger charge is 2.08. The third-order valence-electron chi connectivity index (χ3n) is 3.75. The molecule has 1 saturated heterocycles. The van der Waals surface area contributed by atoms with Crippen LogP contribution >= 0.6 is 0 Å². The zero-order valence-corrected chi connectivity index (χ0v) is 13.3. The quantitative estimate of drug-likeness (QED) is 0.616. The van der Waals surface area contributed by atoms with E-state index in [1.165, 1.54) is 6.08 Å². The third-order valence-corrected chi connectivity index (χ3v) is 3.75. The van der Waals surface area contributed by atoms with Crippen LogP contribution in [0, 0.1) is 11.3 Å². The number of hydrogen-bond acceptors (Lipinski definition) is 4. The molecule has 0 spiro atoms. The molecule has 2 rings (SSSR count). The van der Waals surface area contributed by atoms with E-state index in [0.717, 1.165) is 51.3 Å². The minimum atomic E-state index is -0.0984. The molecule has 122 valence electrons. The highest BCUT2D eigenvalue weighted by molar-refractivity contribution is 5.91. The largest absolute Gasteiger partial charge is 0.379 e. The van der Waals surface area contributed by atoms with E-state index in [0.29, 0.717) is 12.1 Å². The normalized spacial score (nSPS) is 15.4. The van der Waals surface area contributed by atoms with Crippen molar-refractivity contribution >= 4 is 12.0 Å². The Morgan fingerprint density at radius 3 is 2.96 bits per heavy atom.